The lowest BCUT2D eigenvalue weighted by molar-refractivity contribution is 0.191. The van der Waals surface area contributed by atoms with E-state index in [1.807, 2.05) is 13.0 Å². The van der Waals surface area contributed by atoms with Gasteiger partial charge in [-0.25, -0.2) is 4.39 Å². The van der Waals surface area contributed by atoms with Crippen molar-refractivity contribution in [2.75, 3.05) is 6.61 Å². The maximum absolute atomic E-state index is 12.9. The van der Waals surface area contributed by atoms with E-state index in [0.717, 1.165) is 23.3 Å². The molecule has 0 amide bonds. The summed E-state index contributed by atoms with van der Waals surface area (Å²) in [7, 11) is 0. The molecule has 0 atom stereocenters. The molecule has 0 aliphatic heterocycles. The molecule has 0 bridgehead atoms. The number of aliphatic hydroxyl groups is 1. The molecule has 0 radical (unpaired) electrons. The van der Waals surface area contributed by atoms with E-state index in [1.165, 1.54) is 12.5 Å². The number of aryl methyl sites for hydroxylation is 1. The monoisotopic (exact) mass is 226 g/mol. The van der Waals surface area contributed by atoms with Crippen molar-refractivity contribution in [3.8, 4) is 0 Å². The van der Waals surface area contributed by atoms with E-state index in [0.29, 0.717) is 0 Å². The summed E-state index contributed by atoms with van der Waals surface area (Å²) < 4.78 is 12.9. The number of rotatable bonds is 3. The third-order valence-electron chi connectivity index (χ3n) is 3.02. The van der Waals surface area contributed by atoms with Gasteiger partial charge in [-0.05, 0) is 43.5 Å². The van der Waals surface area contributed by atoms with Crippen LogP contribution in [0.2, 0.25) is 0 Å². The SMILES string of the molecule is Cc1cc(F)ccc1SC1(CO)CCC1. The van der Waals surface area contributed by atoms with Gasteiger partial charge in [-0.2, -0.15) is 0 Å². The van der Waals surface area contributed by atoms with Crippen molar-refractivity contribution in [3.05, 3.63) is 29.6 Å². The van der Waals surface area contributed by atoms with Crippen LogP contribution in [0.1, 0.15) is 24.8 Å². The normalized spacial score (nSPS) is 18.6. The largest absolute Gasteiger partial charge is 0.395 e. The zero-order chi connectivity index (χ0) is 10.9. The number of hydrogen-bond acceptors (Lipinski definition) is 2. The summed E-state index contributed by atoms with van der Waals surface area (Å²) in [6.07, 6.45) is 3.31. The number of aliphatic hydroxyl groups excluding tert-OH is 1. The molecule has 1 nitrogen and oxygen atoms in total. The summed E-state index contributed by atoms with van der Waals surface area (Å²) in [6, 6.07) is 4.84. The van der Waals surface area contributed by atoms with Crippen LogP contribution in [0.5, 0.6) is 0 Å². The molecule has 15 heavy (non-hydrogen) atoms. The number of benzene rings is 1. The fraction of sp³-hybridized carbons (Fsp3) is 0.500. The zero-order valence-corrected chi connectivity index (χ0v) is 9.61. The van der Waals surface area contributed by atoms with Gasteiger partial charge < -0.3 is 5.11 Å². The minimum atomic E-state index is -0.191. The molecular weight excluding hydrogens is 211 g/mol. The highest BCUT2D eigenvalue weighted by atomic mass is 32.2. The van der Waals surface area contributed by atoms with Crippen molar-refractivity contribution in [3.63, 3.8) is 0 Å². The summed E-state index contributed by atoms with van der Waals surface area (Å²) in [5, 5.41) is 9.35. The Morgan fingerprint density at radius 2 is 2.20 bits per heavy atom. The van der Waals surface area contributed by atoms with Gasteiger partial charge in [0, 0.05) is 9.64 Å². The van der Waals surface area contributed by atoms with Crippen LogP contribution in [-0.2, 0) is 0 Å². The third kappa shape index (κ3) is 2.18. The minimum Gasteiger partial charge on any atom is -0.395 e. The fourth-order valence-corrected chi connectivity index (χ4v) is 3.20. The van der Waals surface area contributed by atoms with E-state index >= 15 is 0 Å². The molecule has 1 aliphatic carbocycles. The van der Waals surface area contributed by atoms with E-state index in [2.05, 4.69) is 0 Å². The first kappa shape index (κ1) is 11.0. The highest BCUT2D eigenvalue weighted by Crippen LogP contribution is 2.47. The molecule has 0 spiro atoms. The number of halogens is 1. The quantitative estimate of drug-likeness (QED) is 0.854. The van der Waals surface area contributed by atoms with Crippen molar-refractivity contribution in [2.24, 2.45) is 0 Å². The van der Waals surface area contributed by atoms with Gasteiger partial charge in [-0.3, -0.25) is 0 Å². The molecule has 0 heterocycles. The Hall–Kier alpha value is -0.540. The smallest absolute Gasteiger partial charge is 0.123 e. The fourth-order valence-electron chi connectivity index (χ4n) is 1.82. The van der Waals surface area contributed by atoms with Crippen LogP contribution >= 0.6 is 11.8 Å². The van der Waals surface area contributed by atoms with Crippen molar-refractivity contribution in [1.82, 2.24) is 0 Å². The molecule has 3 heteroatoms. The van der Waals surface area contributed by atoms with Gasteiger partial charge in [0.15, 0.2) is 0 Å². The first-order chi connectivity index (χ1) is 7.15. The van der Waals surface area contributed by atoms with Crippen LogP contribution in [0.4, 0.5) is 4.39 Å². The number of thioether (sulfide) groups is 1. The van der Waals surface area contributed by atoms with Gasteiger partial charge in [0.25, 0.3) is 0 Å². The Labute approximate surface area is 93.7 Å². The Balaban J connectivity index is 2.16. The van der Waals surface area contributed by atoms with E-state index in [4.69, 9.17) is 0 Å². The van der Waals surface area contributed by atoms with E-state index in [-0.39, 0.29) is 17.2 Å². The van der Waals surface area contributed by atoms with E-state index in [9.17, 15) is 9.50 Å². The highest BCUT2D eigenvalue weighted by Gasteiger charge is 2.37. The van der Waals surface area contributed by atoms with Crippen LogP contribution in [0.25, 0.3) is 0 Å². The van der Waals surface area contributed by atoms with Gasteiger partial charge in [-0.1, -0.05) is 6.42 Å². The topological polar surface area (TPSA) is 20.2 Å². The Morgan fingerprint density at radius 1 is 1.47 bits per heavy atom. The second kappa shape index (κ2) is 4.14. The summed E-state index contributed by atoms with van der Waals surface area (Å²) in [6.45, 7) is 2.13. The van der Waals surface area contributed by atoms with Crippen LogP contribution < -0.4 is 0 Å². The Morgan fingerprint density at radius 3 is 2.67 bits per heavy atom. The lowest BCUT2D eigenvalue weighted by Crippen LogP contribution is -2.37. The molecule has 1 aliphatic rings. The molecule has 1 aromatic rings. The Kier molecular flexibility index (Phi) is 3.03. The van der Waals surface area contributed by atoms with Gasteiger partial charge in [0.1, 0.15) is 5.82 Å². The summed E-state index contributed by atoms with van der Waals surface area (Å²) in [4.78, 5) is 1.09. The molecule has 1 fully saturated rings. The van der Waals surface area contributed by atoms with Gasteiger partial charge >= 0.3 is 0 Å². The molecule has 1 aromatic carbocycles. The maximum atomic E-state index is 12.9. The van der Waals surface area contributed by atoms with Crippen LogP contribution in [0.15, 0.2) is 23.1 Å². The highest BCUT2D eigenvalue weighted by molar-refractivity contribution is 8.00. The molecule has 82 valence electrons. The van der Waals surface area contributed by atoms with Crippen LogP contribution in [0.3, 0.4) is 0 Å². The van der Waals surface area contributed by atoms with Crippen molar-refractivity contribution < 1.29 is 9.50 Å². The van der Waals surface area contributed by atoms with E-state index in [1.54, 1.807) is 17.8 Å². The van der Waals surface area contributed by atoms with Gasteiger partial charge in [0.05, 0.1) is 6.61 Å². The standard InChI is InChI=1S/C12H15FOS/c1-9-7-10(13)3-4-11(9)15-12(8-14)5-2-6-12/h3-4,7,14H,2,5-6,8H2,1H3. The maximum Gasteiger partial charge on any atom is 0.123 e. The molecule has 0 aromatic heterocycles. The lowest BCUT2D eigenvalue weighted by atomic mass is 9.85. The van der Waals surface area contributed by atoms with Crippen molar-refractivity contribution in [2.45, 2.75) is 35.8 Å². The lowest BCUT2D eigenvalue weighted by Gasteiger charge is -2.39. The second-order valence-electron chi connectivity index (χ2n) is 4.21. The molecule has 0 unspecified atom stereocenters. The van der Waals surface area contributed by atoms with Crippen molar-refractivity contribution >= 4 is 11.8 Å². The molecule has 2 rings (SSSR count). The second-order valence-corrected chi connectivity index (χ2v) is 5.72. The average Bonchev–Trinajstić information content (AvgIpc) is 2.14. The predicted molar refractivity (Wildman–Crippen MR) is 60.7 cm³/mol. The molecule has 1 N–H and O–H groups in total. The van der Waals surface area contributed by atoms with Gasteiger partial charge in [-0.15, -0.1) is 11.8 Å². The Bertz CT molecular complexity index is 355. The predicted octanol–water partition coefficient (Wildman–Crippen LogP) is 3.14. The van der Waals surface area contributed by atoms with E-state index < -0.39 is 0 Å². The van der Waals surface area contributed by atoms with Gasteiger partial charge in [0.2, 0.25) is 0 Å². The molecule has 1 saturated carbocycles. The van der Waals surface area contributed by atoms with Crippen LogP contribution in [-0.4, -0.2) is 16.5 Å². The van der Waals surface area contributed by atoms with Crippen molar-refractivity contribution in [1.29, 1.82) is 0 Å². The zero-order valence-electron chi connectivity index (χ0n) is 8.79. The molecular formula is C12H15FOS. The van der Waals surface area contributed by atoms with Crippen LogP contribution in [0, 0.1) is 12.7 Å². The summed E-state index contributed by atoms with van der Waals surface area (Å²) >= 11 is 1.70. The average molecular weight is 226 g/mol. The molecule has 0 saturated heterocycles. The summed E-state index contributed by atoms with van der Waals surface area (Å²) in [5.74, 6) is -0.191. The summed E-state index contributed by atoms with van der Waals surface area (Å²) in [5.41, 5.74) is 0.958. The first-order valence-corrected chi connectivity index (χ1v) is 6.03. The minimum absolute atomic E-state index is 0.00257. The third-order valence-corrected chi connectivity index (χ3v) is 4.66. The number of hydrogen-bond donors (Lipinski definition) is 1. The first-order valence-electron chi connectivity index (χ1n) is 5.21.